The van der Waals surface area contributed by atoms with E-state index in [0.717, 1.165) is 18.4 Å². The minimum atomic E-state index is -0.525. The molecular weight excluding hydrogens is 176 g/mol. The summed E-state index contributed by atoms with van der Waals surface area (Å²) in [5.74, 6) is -0.525. The third-order valence-electron chi connectivity index (χ3n) is 2.47. The van der Waals surface area contributed by atoms with Crippen LogP contribution in [-0.4, -0.2) is 13.2 Å². The maximum Gasteiger partial charge on any atom is 0.194 e. The van der Waals surface area contributed by atoms with Crippen LogP contribution in [0.15, 0.2) is 30.3 Å². The summed E-state index contributed by atoms with van der Waals surface area (Å²) in [4.78, 5) is 0. The maximum absolute atomic E-state index is 5.70. The van der Waals surface area contributed by atoms with E-state index in [2.05, 4.69) is 6.92 Å². The minimum absolute atomic E-state index is 0.525. The van der Waals surface area contributed by atoms with E-state index in [9.17, 15) is 0 Å². The Morgan fingerprint density at radius 1 is 1.14 bits per heavy atom. The van der Waals surface area contributed by atoms with Crippen molar-refractivity contribution in [3.63, 3.8) is 0 Å². The van der Waals surface area contributed by atoms with Crippen LogP contribution in [0.4, 0.5) is 0 Å². The third-order valence-corrected chi connectivity index (χ3v) is 2.47. The molecule has 1 saturated heterocycles. The van der Waals surface area contributed by atoms with E-state index in [0.29, 0.717) is 13.2 Å². The zero-order chi connectivity index (χ0) is 9.86. The van der Waals surface area contributed by atoms with E-state index in [-0.39, 0.29) is 0 Å². The summed E-state index contributed by atoms with van der Waals surface area (Å²) in [5, 5.41) is 0. The molecule has 75 valence electrons. The Morgan fingerprint density at radius 3 is 2.36 bits per heavy atom. The average molecular weight is 191 g/mol. The van der Waals surface area contributed by atoms with Crippen LogP contribution in [0.25, 0.3) is 0 Å². The highest BCUT2D eigenvalue weighted by molar-refractivity contribution is 5.20. The van der Waals surface area contributed by atoms with Gasteiger partial charge in [-0.1, -0.05) is 37.3 Å². The lowest BCUT2D eigenvalue weighted by molar-refractivity contribution is -0.170. The second-order valence-corrected chi connectivity index (χ2v) is 3.42. The van der Waals surface area contributed by atoms with Crippen LogP contribution in [0.1, 0.15) is 18.4 Å². The van der Waals surface area contributed by atoms with Crippen molar-refractivity contribution in [2.75, 3.05) is 13.2 Å². The average Bonchev–Trinajstić information content (AvgIpc) is 2.70. The summed E-state index contributed by atoms with van der Waals surface area (Å²) >= 11 is 0. The molecular formula is C12H15O2. The van der Waals surface area contributed by atoms with E-state index >= 15 is 0 Å². The van der Waals surface area contributed by atoms with E-state index in [1.54, 1.807) is 0 Å². The molecule has 0 atom stereocenters. The molecule has 1 aromatic carbocycles. The van der Waals surface area contributed by atoms with Crippen molar-refractivity contribution in [2.45, 2.75) is 18.6 Å². The van der Waals surface area contributed by atoms with Gasteiger partial charge in [0.15, 0.2) is 5.79 Å². The monoisotopic (exact) mass is 191 g/mol. The van der Waals surface area contributed by atoms with E-state index in [1.165, 1.54) is 0 Å². The first-order chi connectivity index (χ1) is 6.87. The fourth-order valence-corrected chi connectivity index (χ4v) is 1.83. The summed E-state index contributed by atoms with van der Waals surface area (Å²) < 4.78 is 11.4. The molecule has 0 N–H and O–H groups in total. The van der Waals surface area contributed by atoms with Gasteiger partial charge in [-0.25, -0.2) is 0 Å². The molecule has 0 saturated carbocycles. The molecule has 1 aliphatic rings. The fourth-order valence-electron chi connectivity index (χ4n) is 1.83. The third kappa shape index (κ3) is 1.68. The molecule has 1 heterocycles. The van der Waals surface area contributed by atoms with Gasteiger partial charge >= 0.3 is 0 Å². The van der Waals surface area contributed by atoms with Crippen LogP contribution in [0.3, 0.4) is 0 Å². The highest BCUT2D eigenvalue weighted by Gasteiger charge is 2.37. The van der Waals surface area contributed by atoms with Gasteiger partial charge in [0.2, 0.25) is 0 Å². The van der Waals surface area contributed by atoms with Gasteiger partial charge in [-0.15, -0.1) is 0 Å². The number of hydrogen-bond acceptors (Lipinski definition) is 2. The SMILES string of the molecule is [CH2]CCC1(c2ccccc2)OCCO1. The van der Waals surface area contributed by atoms with Crippen molar-refractivity contribution in [3.8, 4) is 0 Å². The van der Waals surface area contributed by atoms with Crippen LogP contribution < -0.4 is 0 Å². The largest absolute Gasteiger partial charge is 0.343 e. The number of benzene rings is 1. The smallest absolute Gasteiger partial charge is 0.194 e. The molecule has 0 unspecified atom stereocenters. The second-order valence-electron chi connectivity index (χ2n) is 3.42. The Hall–Kier alpha value is -0.860. The lowest BCUT2D eigenvalue weighted by Gasteiger charge is -2.27. The van der Waals surface area contributed by atoms with Crippen molar-refractivity contribution in [1.29, 1.82) is 0 Å². The van der Waals surface area contributed by atoms with Crippen LogP contribution in [-0.2, 0) is 15.3 Å². The van der Waals surface area contributed by atoms with Crippen molar-refractivity contribution >= 4 is 0 Å². The molecule has 0 amide bonds. The highest BCUT2D eigenvalue weighted by atomic mass is 16.7. The first-order valence-electron chi connectivity index (χ1n) is 5.00. The number of hydrogen-bond donors (Lipinski definition) is 0. The number of rotatable bonds is 3. The Balaban J connectivity index is 2.27. The summed E-state index contributed by atoms with van der Waals surface area (Å²) in [5.41, 5.74) is 1.10. The Bertz CT molecular complexity index is 276. The van der Waals surface area contributed by atoms with Gasteiger partial charge in [-0.3, -0.25) is 0 Å². The van der Waals surface area contributed by atoms with Crippen molar-refractivity contribution < 1.29 is 9.47 Å². The number of ether oxygens (including phenoxy) is 2. The standard InChI is InChI=1S/C12H15O2/c1-2-8-12(13-9-10-14-12)11-6-4-3-5-7-11/h3-7H,1-2,8-10H2. The molecule has 1 aliphatic heterocycles. The van der Waals surface area contributed by atoms with Crippen molar-refractivity contribution in [2.24, 2.45) is 0 Å². The fraction of sp³-hybridized carbons (Fsp3) is 0.417. The van der Waals surface area contributed by atoms with Crippen molar-refractivity contribution in [1.82, 2.24) is 0 Å². The summed E-state index contributed by atoms with van der Waals surface area (Å²) in [7, 11) is 0. The van der Waals surface area contributed by atoms with E-state index < -0.39 is 5.79 Å². The summed E-state index contributed by atoms with van der Waals surface area (Å²) in [6, 6.07) is 10.1. The van der Waals surface area contributed by atoms with Gasteiger partial charge in [0, 0.05) is 12.0 Å². The van der Waals surface area contributed by atoms with Crippen molar-refractivity contribution in [3.05, 3.63) is 42.8 Å². The van der Waals surface area contributed by atoms with Gasteiger partial charge in [0.1, 0.15) is 0 Å². The van der Waals surface area contributed by atoms with E-state index in [1.807, 2.05) is 30.3 Å². The van der Waals surface area contributed by atoms with Gasteiger partial charge in [0.25, 0.3) is 0 Å². The first kappa shape index (κ1) is 9.69. The predicted molar refractivity (Wildman–Crippen MR) is 54.6 cm³/mol. The highest BCUT2D eigenvalue weighted by Crippen LogP contribution is 2.35. The van der Waals surface area contributed by atoms with Gasteiger partial charge in [-0.2, -0.15) is 0 Å². The van der Waals surface area contributed by atoms with Gasteiger partial charge in [0.05, 0.1) is 13.2 Å². The topological polar surface area (TPSA) is 18.5 Å². The lowest BCUT2D eigenvalue weighted by atomic mass is 10.0. The quantitative estimate of drug-likeness (QED) is 0.730. The van der Waals surface area contributed by atoms with Crippen LogP contribution in [0.2, 0.25) is 0 Å². The van der Waals surface area contributed by atoms with Gasteiger partial charge in [-0.05, 0) is 6.42 Å². The summed E-state index contributed by atoms with van der Waals surface area (Å²) in [6.07, 6.45) is 1.63. The Labute approximate surface area is 84.8 Å². The zero-order valence-corrected chi connectivity index (χ0v) is 8.24. The molecule has 0 spiro atoms. The van der Waals surface area contributed by atoms with Crippen LogP contribution >= 0.6 is 0 Å². The second kappa shape index (κ2) is 4.11. The zero-order valence-electron chi connectivity index (χ0n) is 8.24. The van der Waals surface area contributed by atoms with Gasteiger partial charge < -0.3 is 9.47 Å². The molecule has 2 rings (SSSR count). The maximum atomic E-state index is 5.70. The molecule has 1 aromatic rings. The summed E-state index contributed by atoms with van der Waals surface area (Å²) in [6.45, 7) is 5.21. The molecule has 1 radical (unpaired) electrons. The molecule has 1 fully saturated rings. The van der Waals surface area contributed by atoms with E-state index in [4.69, 9.17) is 9.47 Å². The van der Waals surface area contributed by atoms with Crippen LogP contribution in [0, 0.1) is 6.92 Å². The molecule has 0 bridgehead atoms. The Morgan fingerprint density at radius 2 is 1.79 bits per heavy atom. The first-order valence-corrected chi connectivity index (χ1v) is 5.00. The Kier molecular flexibility index (Phi) is 2.85. The van der Waals surface area contributed by atoms with Crippen LogP contribution in [0.5, 0.6) is 0 Å². The molecule has 0 aromatic heterocycles. The normalized spacial score (nSPS) is 19.8. The molecule has 2 heteroatoms. The lowest BCUT2D eigenvalue weighted by Crippen LogP contribution is -2.26. The minimum Gasteiger partial charge on any atom is -0.343 e. The molecule has 0 aliphatic carbocycles. The molecule has 14 heavy (non-hydrogen) atoms. The predicted octanol–water partition coefficient (Wildman–Crippen LogP) is 2.50. The molecule has 2 nitrogen and oxygen atoms in total.